The third-order valence-corrected chi connectivity index (χ3v) is 11.6. The van der Waals surface area contributed by atoms with Crippen molar-refractivity contribution in [3.05, 3.63) is 200 Å². The second-order valence-electron chi connectivity index (χ2n) is 14.9. The summed E-state index contributed by atoms with van der Waals surface area (Å²) in [6, 6.07) is 71.6. The van der Waals surface area contributed by atoms with Crippen molar-refractivity contribution in [3.63, 3.8) is 0 Å². The summed E-state index contributed by atoms with van der Waals surface area (Å²) >= 11 is 0. The van der Waals surface area contributed by atoms with E-state index in [1.165, 1.54) is 32.7 Å². The van der Waals surface area contributed by atoms with Gasteiger partial charge in [0.25, 0.3) is 0 Å². The SMILES string of the molecule is c1cc(-c2ccc3c(c2)oc2ccccc23)cc(N(c2ccc(-c3ccc4c(ccc5ccccc54)c3)cc2)c2cccc3oc4c5ccccc5ccc4c23)c1. The average molecular weight is 728 g/mol. The Morgan fingerprint density at radius 1 is 0.298 bits per heavy atom. The van der Waals surface area contributed by atoms with E-state index in [1.807, 2.05) is 12.1 Å². The lowest BCUT2D eigenvalue weighted by atomic mass is 9.97. The van der Waals surface area contributed by atoms with Gasteiger partial charge in [-0.15, -0.1) is 0 Å². The van der Waals surface area contributed by atoms with Crippen LogP contribution in [0.3, 0.4) is 0 Å². The van der Waals surface area contributed by atoms with Crippen molar-refractivity contribution in [3.8, 4) is 22.3 Å². The molecule has 10 aromatic carbocycles. The van der Waals surface area contributed by atoms with E-state index in [1.54, 1.807) is 0 Å². The van der Waals surface area contributed by atoms with Crippen molar-refractivity contribution in [2.75, 3.05) is 4.90 Å². The molecule has 0 saturated heterocycles. The summed E-state index contributed by atoms with van der Waals surface area (Å²) in [4.78, 5) is 2.37. The Kier molecular flexibility index (Phi) is 6.93. The molecule has 0 radical (unpaired) electrons. The van der Waals surface area contributed by atoms with Crippen molar-refractivity contribution in [1.82, 2.24) is 0 Å². The molecule has 0 aliphatic heterocycles. The van der Waals surface area contributed by atoms with Crippen LogP contribution < -0.4 is 4.90 Å². The van der Waals surface area contributed by atoms with Gasteiger partial charge in [0.1, 0.15) is 22.3 Å². The number of hydrogen-bond acceptors (Lipinski definition) is 3. The summed E-state index contributed by atoms with van der Waals surface area (Å²) in [5, 5.41) is 11.7. The van der Waals surface area contributed by atoms with Crippen molar-refractivity contribution in [2.45, 2.75) is 0 Å². The fraction of sp³-hybridized carbons (Fsp3) is 0. The molecule has 57 heavy (non-hydrogen) atoms. The number of para-hydroxylation sites is 1. The molecule has 2 heterocycles. The number of hydrogen-bond donors (Lipinski definition) is 0. The van der Waals surface area contributed by atoms with Gasteiger partial charge in [0, 0.05) is 32.9 Å². The largest absolute Gasteiger partial charge is 0.456 e. The van der Waals surface area contributed by atoms with Crippen LogP contribution in [0.1, 0.15) is 0 Å². The average Bonchev–Trinajstić information content (AvgIpc) is 3.85. The summed E-state index contributed by atoms with van der Waals surface area (Å²) < 4.78 is 13.0. The molecule has 3 nitrogen and oxygen atoms in total. The Morgan fingerprint density at radius 3 is 1.77 bits per heavy atom. The molecule has 0 unspecified atom stereocenters. The van der Waals surface area contributed by atoms with E-state index >= 15 is 0 Å². The number of benzene rings is 10. The molecule has 12 aromatic rings. The molecule has 0 spiro atoms. The molecule has 3 heteroatoms. The zero-order valence-electron chi connectivity index (χ0n) is 30.8. The minimum absolute atomic E-state index is 0.857. The molecule has 2 aromatic heterocycles. The number of nitrogens with zero attached hydrogens (tertiary/aromatic N) is 1. The number of rotatable bonds is 5. The highest BCUT2D eigenvalue weighted by Crippen LogP contribution is 2.45. The van der Waals surface area contributed by atoms with Crippen LogP contribution in [0.15, 0.2) is 209 Å². The molecule has 266 valence electrons. The van der Waals surface area contributed by atoms with E-state index in [0.717, 1.165) is 82.8 Å². The van der Waals surface area contributed by atoms with Crippen LogP contribution in [0.5, 0.6) is 0 Å². The summed E-state index contributed by atoms with van der Waals surface area (Å²) in [5.41, 5.74) is 11.3. The van der Waals surface area contributed by atoms with Crippen molar-refractivity contribution in [2.24, 2.45) is 0 Å². The predicted molar refractivity (Wildman–Crippen MR) is 239 cm³/mol. The van der Waals surface area contributed by atoms with Gasteiger partial charge in [-0.1, -0.05) is 133 Å². The van der Waals surface area contributed by atoms with Crippen molar-refractivity contribution in [1.29, 1.82) is 0 Å². The highest BCUT2D eigenvalue weighted by molar-refractivity contribution is 6.19. The van der Waals surface area contributed by atoms with Gasteiger partial charge in [-0.2, -0.15) is 0 Å². The molecule has 0 bridgehead atoms. The van der Waals surface area contributed by atoms with Gasteiger partial charge in [-0.25, -0.2) is 0 Å². The highest BCUT2D eigenvalue weighted by atomic mass is 16.3. The smallest absolute Gasteiger partial charge is 0.143 e. The standard InChI is InChI=1S/C54H33NO2/c1-3-13-43-35(9-1)19-20-40-31-38(24-28-44(40)43)34-21-26-41(27-22-34)55(49-16-8-18-51-53(49)48-30-23-36-10-2-4-14-45(36)54(48)57-51)42-12-7-11-37(32-42)39-25-29-47-46-15-5-6-17-50(46)56-52(47)33-39/h1-33H. The summed E-state index contributed by atoms with van der Waals surface area (Å²) in [7, 11) is 0. The van der Waals surface area contributed by atoms with Crippen LogP contribution in [-0.2, 0) is 0 Å². The molecule has 12 rings (SSSR count). The molecular weight excluding hydrogens is 695 g/mol. The first-order chi connectivity index (χ1) is 28.2. The van der Waals surface area contributed by atoms with E-state index in [-0.39, 0.29) is 0 Å². The lowest BCUT2D eigenvalue weighted by Crippen LogP contribution is -2.10. The quantitative estimate of drug-likeness (QED) is 0.165. The van der Waals surface area contributed by atoms with Crippen LogP contribution in [0.4, 0.5) is 17.1 Å². The third kappa shape index (κ3) is 5.06. The molecule has 0 N–H and O–H groups in total. The maximum Gasteiger partial charge on any atom is 0.143 e. The molecule has 0 saturated carbocycles. The van der Waals surface area contributed by atoms with Gasteiger partial charge in [-0.3, -0.25) is 0 Å². The Hall–Kier alpha value is -7.62. The van der Waals surface area contributed by atoms with E-state index < -0.39 is 0 Å². The first-order valence-electron chi connectivity index (χ1n) is 19.4. The van der Waals surface area contributed by atoms with Gasteiger partial charge < -0.3 is 13.7 Å². The molecule has 0 aliphatic carbocycles. The minimum atomic E-state index is 0.857. The van der Waals surface area contributed by atoms with Crippen LogP contribution in [0.25, 0.3) is 98.4 Å². The Bertz CT molecular complexity index is 3530. The van der Waals surface area contributed by atoms with Crippen LogP contribution in [0, 0.1) is 0 Å². The second kappa shape index (κ2) is 12.5. The highest BCUT2D eigenvalue weighted by Gasteiger charge is 2.21. The lowest BCUT2D eigenvalue weighted by Gasteiger charge is -2.27. The summed E-state index contributed by atoms with van der Waals surface area (Å²) in [6.07, 6.45) is 0. The fourth-order valence-corrected chi connectivity index (χ4v) is 8.87. The normalized spacial score (nSPS) is 11.9. The molecule has 0 atom stereocenters. The zero-order chi connectivity index (χ0) is 37.5. The number of anilines is 3. The van der Waals surface area contributed by atoms with E-state index in [4.69, 9.17) is 8.83 Å². The molecule has 0 fully saturated rings. The summed E-state index contributed by atoms with van der Waals surface area (Å²) in [6.45, 7) is 0. The Balaban J connectivity index is 1.02. The first kappa shape index (κ1) is 31.7. The van der Waals surface area contributed by atoms with Gasteiger partial charge in [0.2, 0.25) is 0 Å². The van der Waals surface area contributed by atoms with Crippen molar-refractivity contribution < 1.29 is 8.83 Å². The molecular formula is C54H33NO2. The molecule has 0 amide bonds. The van der Waals surface area contributed by atoms with E-state index in [9.17, 15) is 0 Å². The molecule has 0 aliphatic rings. The topological polar surface area (TPSA) is 29.5 Å². The van der Waals surface area contributed by atoms with Gasteiger partial charge in [0.15, 0.2) is 0 Å². The lowest BCUT2D eigenvalue weighted by molar-refractivity contribution is 0.669. The van der Waals surface area contributed by atoms with E-state index in [2.05, 4.69) is 193 Å². The monoisotopic (exact) mass is 727 g/mol. The number of furan rings is 2. The number of fused-ring (bicyclic) bond motifs is 11. The maximum absolute atomic E-state index is 6.69. The third-order valence-electron chi connectivity index (χ3n) is 11.6. The van der Waals surface area contributed by atoms with Crippen LogP contribution in [-0.4, -0.2) is 0 Å². The summed E-state index contributed by atoms with van der Waals surface area (Å²) in [5.74, 6) is 0. The Morgan fingerprint density at radius 2 is 0.895 bits per heavy atom. The minimum Gasteiger partial charge on any atom is -0.456 e. The maximum atomic E-state index is 6.69. The van der Waals surface area contributed by atoms with Gasteiger partial charge in [-0.05, 0) is 116 Å². The van der Waals surface area contributed by atoms with Crippen molar-refractivity contribution >= 4 is 93.3 Å². The van der Waals surface area contributed by atoms with E-state index in [0.29, 0.717) is 0 Å². The van der Waals surface area contributed by atoms with Crippen LogP contribution >= 0.6 is 0 Å². The first-order valence-corrected chi connectivity index (χ1v) is 19.4. The van der Waals surface area contributed by atoms with Gasteiger partial charge in [0.05, 0.1) is 11.1 Å². The van der Waals surface area contributed by atoms with Gasteiger partial charge >= 0.3 is 0 Å². The van der Waals surface area contributed by atoms with Crippen LogP contribution in [0.2, 0.25) is 0 Å². The fourth-order valence-electron chi connectivity index (χ4n) is 8.87. The second-order valence-corrected chi connectivity index (χ2v) is 14.9. The Labute approximate surface area is 328 Å². The zero-order valence-corrected chi connectivity index (χ0v) is 30.8. The predicted octanol–water partition coefficient (Wildman–Crippen LogP) is 15.7.